The smallest absolute Gasteiger partial charge is 0.407 e. The number of hydrogen-bond donors (Lipinski definition) is 4. The van der Waals surface area contributed by atoms with Crippen LogP contribution in [0, 0.1) is 23.7 Å². The summed E-state index contributed by atoms with van der Waals surface area (Å²) in [5.74, 6) is 2.74. The van der Waals surface area contributed by atoms with Gasteiger partial charge in [0.05, 0.1) is 49.2 Å². The van der Waals surface area contributed by atoms with Crippen LogP contribution in [0.25, 0.3) is 44.2 Å². The van der Waals surface area contributed by atoms with Crippen LogP contribution in [0.15, 0.2) is 48.7 Å². The first-order chi connectivity index (χ1) is 32.6. The average Bonchev–Trinajstić information content (AvgIpc) is 4.21. The molecule has 1 unspecified atom stereocenters. The van der Waals surface area contributed by atoms with E-state index >= 15 is 0 Å². The van der Waals surface area contributed by atoms with Gasteiger partial charge in [-0.3, -0.25) is 9.59 Å². The standard InChI is InChI=1S/C51H60N8O8/c1-26(2)43(56-50(62)64-3)48(60)58-38-9-5-7-30(38)21-40(58)46-52-24-37(54-46)29-11-13-33-32(19-29)25-67-42-23-34-28(20-35(33)42)12-14-36-45(34)55-47(53-36)41-22-31-8-6-10-39(31)59(41)49(61)44(57-51(63)65-4)27-15-17-66-18-16-27/h11-14,19-20,23-24,26-27,30-31,38-41,43-44H,5-10,15-18,21-22,25H2,1-4H3,(H,52,54)(H,53,55)(H,56,62)(H,57,63)/t30?,31-,38-,39-,40-,41-,43-,44-/m0/s1. The van der Waals surface area contributed by atoms with E-state index in [9.17, 15) is 19.2 Å². The number of imidazole rings is 2. The molecule has 3 saturated heterocycles. The fourth-order valence-electron chi connectivity index (χ4n) is 12.6. The van der Waals surface area contributed by atoms with Gasteiger partial charge in [-0.1, -0.05) is 44.9 Å². The van der Waals surface area contributed by atoms with Gasteiger partial charge in [-0.05, 0) is 121 Å². The second kappa shape index (κ2) is 17.5. The van der Waals surface area contributed by atoms with Gasteiger partial charge in [0.2, 0.25) is 11.8 Å². The van der Waals surface area contributed by atoms with Crippen LogP contribution in [0.5, 0.6) is 5.75 Å². The van der Waals surface area contributed by atoms with Gasteiger partial charge in [-0.25, -0.2) is 19.6 Å². The van der Waals surface area contributed by atoms with E-state index in [0.717, 1.165) is 119 Å². The number of carbonyl (C=O) groups is 4. The first-order valence-corrected chi connectivity index (χ1v) is 24.3. The largest absolute Gasteiger partial charge is 0.488 e. The van der Waals surface area contributed by atoms with Gasteiger partial charge in [-0.2, -0.15) is 0 Å². The van der Waals surface area contributed by atoms with Crippen LogP contribution in [0.1, 0.15) is 107 Å². The lowest BCUT2D eigenvalue weighted by atomic mass is 9.90. The maximum absolute atomic E-state index is 14.7. The number of rotatable bonds is 9. The molecule has 4 aliphatic heterocycles. The van der Waals surface area contributed by atoms with Crippen LogP contribution in [0.3, 0.4) is 0 Å². The number of aromatic nitrogens is 4. The van der Waals surface area contributed by atoms with Crippen LogP contribution < -0.4 is 15.4 Å². The van der Waals surface area contributed by atoms with Crippen molar-refractivity contribution in [3.8, 4) is 28.1 Å². The SMILES string of the molecule is COC(=O)N[C@H](C(=O)N1[C@H](c2ncc(-c3ccc4c(c3)COc3cc5c(ccc6nc([C@@H]7C[C@@H]8CCC[C@@H]8N7C(=O)[C@@H](NC(=O)OC)C7CCOCC7)[nH]c65)cc3-4)[nH]2)CC2CCC[C@@H]21)C(C)C. The molecule has 8 atom stereocenters. The fraction of sp³-hybridized carbons (Fsp3) is 0.529. The Kier molecular flexibility index (Phi) is 11.3. The van der Waals surface area contributed by atoms with E-state index in [1.807, 2.05) is 35.9 Å². The number of hydrogen-bond acceptors (Lipinski definition) is 10. The minimum atomic E-state index is -0.704. The Morgan fingerprint density at radius 2 is 1.48 bits per heavy atom. The molecule has 0 spiro atoms. The van der Waals surface area contributed by atoms with E-state index in [1.165, 1.54) is 14.2 Å². The maximum Gasteiger partial charge on any atom is 0.407 e. The molecule has 2 saturated carbocycles. The lowest BCUT2D eigenvalue weighted by Crippen LogP contribution is -2.55. The molecule has 16 nitrogen and oxygen atoms in total. The average molecular weight is 913 g/mol. The highest BCUT2D eigenvalue weighted by Crippen LogP contribution is 2.50. The summed E-state index contributed by atoms with van der Waals surface area (Å²) in [6.07, 6.45) is 9.84. The third-order valence-corrected chi connectivity index (χ3v) is 15.9. The summed E-state index contributed by atoms with van der Waals surface area (Å²) in [4.78, 5) is 75.2. The maximum atomic E-state index is 14.7. The molecule has 6 heterocycles. The summed E-state index contributed by atoms with van der Waals surface area (Å²) in [6, 6.07) is 13.2. The van der Waals surface area contributed by atoms with Crippen LogP contribution >= 0.6 is 0 Å². The molecule has 0 bridgehead atoms. The van der Waals surface area contributed by atoms with Crippen LogP contribution in [-0.4, -0.2) is 105 Å². The molecular formula is C51H60N8O8. The van der Waals surface area contributed by atoms with Crippen molar-refractivity contribution in [1.29, 1.82) is 0 Å². The van der Waals surface area contributed by atoms with Gasteiger partial charge >= 0.3 is 12.2 Å². The van der Waals surface area contributed by atoms with E-state index in [2.05, 4.69) is 57.0 Å². The minimum absolute atomic E-state index is 0.0449. The number of nitrogens with zero attached hydrogens (tertiary/aromatic N) is 4. The van der Waals surface area contributed by atoms with Crippen molar-refractivity contribution in [2.45, 2.75) is 121 Å². The number of H-pyrrole nitrogens is 2. The van der Waals surface area contributed by atoms with E-state index < -0.39 is 24.3 Å². The van der Waals surface area contributed by atoms with Gasteiger partial charge in [0.15, 0.2) is 0 Å². The van der Waals surface area contributed by atoms with E-state index in [4.69, 9.17) is 28.9 Å². The van der Waals surface area contributed by atoms with Gasteiger partial charge in [-0.15, -0.1) is 0 Å². The van der Waals surface area contributed by atoms with Crippen molar-refractivity contribution in [1.82, 2.24) is 40.4 Å². The highest BCUT2D eigenvalue weighted by molar-refractivity contribution is 6.07. The molecule has 2 aliphatic carbocycles. The van der Waals surface area contributed by atoms with Crippen molar-refractivity contribution in [2.24, 2.45) is 23.7 Å². The highest BCUT2D eigenvalue weighted by atomic mass is 16.5. The summed E-state index contributed by atoms with van der Waals surface area (Å²) in [6.45, 7) is 5.38. The Morgan fingerprint density at radius 3 is 2.19 bits per heavy atom. The lowest BCUT2D eigenvalue weighted by Gasteiger charge is -2.36. The van der Waals surface area contributed by atoms with Crippen LogP contribution in [-0.2, 0) is 30.4 Å². The lowest BCUT2D eigenvalue weighted by molar-refractivity contribution is -0.139. The van der Waals surface area contributed by atoms with E-state index in [0.29, 0.717) is 44.5 Å². The number of nitrogens with one attached hydrogen (secondary N) is 4. The topological polar surface area (TPSA) is 193 Å². The molecule has 352 valence electrons. The molecule has 16 heteroatoms. The monoisotopic (exact) mass is 912 g/mol. The Balaban J connectivity index is 0.863. The molecule has 0 radical (unpaired) electrons. The molecule has 3 aromatic carbocycles. The molecule has 2 aromatic heterocycles. The molecule has 5 fully saturated rings. The molecule has 5 aromatic rings. The van der Waals surface area contributed by atoms with Gasteiger partial charge in [0.25, 0.3) is 0 Å². The van der Waals surface area contributed by atoms with Crippen molar-refractivity contribution in [3.05, 3.63) is 65.9 Å². The van der Waals surface area contributed by atoms with Gasteiger partial charge in [0.1, 0.15) is 36.1 Å². The summed E-state index contributed by atoms with van der Waals surface area (Å²) in [5.41, 5.74) is 6.73. The minimum Gasteiger partial charge on any atom is -0.488 e. The second-order valence-corrected chi connectivity index (χ2v) is 19.9. The predicted octanol–water partition coefficient (Wildman–Crippen LogP) is 8.08. The second-order valence-electron chi connectivity index (χ2n) is 19.9. The van der Waals surface area contributed by atoms with Crippen LogP contribution in [0.4, 0.5) is 9.59 Å². The Labute approximate surface area is 389 Å². The summed E-state index contributed by atoms with van der Waals surface area (Å²) in [7, 11) is 2.65. The van der Waals surface area contributed by atoms with Gasteiger partial charge in [0, 0.05) is 36.2 Å². The number of aromatic amines is 2. The van der Waals surface area contributed by atoms with Crippen molar-refractivity contribution < 1.29 is 38.1 Å². The first-order valence-electron chi connectivity index (χ1n) is 24.3. The number of benzene rings is 3. The zero-order valence-corrected chi connectivity index (χ0v) is 38.6. The Hall–Kier alpha value is -6.16. The van der Waals surface area contributed by atoms with Crippen LogP contribution in [0.2, 0.25) is 0 Å². The third kappa shape index (κ3) is 7.64. The number of alkyl carbamates (subject to hydrolysis) is 2. The van der Waals surface area contributed by atoms with Crippen molar-refractivity contribution in [2.75, 3.05) is 27.4 Å². The van der Waals surface area contributed by atoms with Crippen molar-refractivity contribution in [3.63, 3.8) is 0 Å². The molecule has 6 aliphatic rings. The van der Waals surface area contributed by atoms with Crippen molar-refractivity contribution >= 4 is 45.8 Å². The summed E-state index contributed by atoms with van der Waals surface area (Å²) in [5, 5.41) is 7.74. The molecule has 4 N–H and O–H groups in total. The predicted molar refractivity (Wildman–Crippen MR) is 249 cm³/mol. The van der Waals surface area contributed by atoms with Gasteiger partial charge < -0.3 is 49.3 Å². The number of ether oxygens (including phenoxy) is 4. The first kappa shape index (κ1) is 43.4. The zero-order valence-electron chi connectivity index (χ0n) is 38.6. The number of fused-ring (bicyclic) bond motifs is 8. The molecule has 11 rings (SSSR count). The molecule has 4 amide bonds. The quantitative estimate of drug-likeness (QED) is 0.112. The third-order valence-electron chi connectivity index (χ3n) is 15.9. The molecule has 67 heavy (non-hydrogen) atoms. The summed E-state index contributed by atoms with van der Waals surface area (Å²) >= 11 is 0. The number of amides is 4. The number of likely N-dealkylation sites (tertiary alicyclic amines) is 2. The normalized spacial score (nSPS) is 25.3. The number of methoxy groups -OCH3 is 2. The summed E-state index contributed by atoms with van der Waals surface area (Å²) < 4.78 is 22.0. The fourth-order valence-corrected chi connectivity index (χ4v) is 12.6. The number of carbonyl (C=O) groups excluding carboxylic acids is 4. The van der Waals surface area contributed by atoms with E-state index in [-0.39, 0.29) is 47.8 Å². The highest BCUT2D eigenvalue weighted by Gasteiger charge is 2.51. The Morgan fingerprint density at radius 1 is 0.776 bits per heavy atom. The Bertz CT molecular complexity index is 2740. The van der Waals surface area contributed by atoms with E-state index in [1.54, 1.807) is 0 Å². The zero-order chi connectivity index (χ0) is 46.1. The molecular weight excluding hydrogens is 853 g/mol.